The summed E-state index contributed by atoms with van der Waals surface area (Å²) in [6.07, 6.45) is 3.52. The number of fused-ring (bicyclic) bond motifs is 2. The number of ether oxygens (including phenoxy) is 1. The molecule has 156 valence electrons. The first-order chi connectivity index (χ1) is 14.0. The first-order valence-corrected chi connectivity index (χ1v) is 10.3. The van der Waals surface area contributed by atoms with Crippen LogP contribution in [0.25, 0.3) is 0 Å². The Morgan fingerprint density at radius 3 is 3.00 bits per heavy atom. The lowest BCUT2D eigenvalue weighted by Gasteiger charge is -2.16. The van der Waals surface area contributed by atoms with Crippen LogP contribution in [0.2, 0.25) is 0 Å². The van der Waals surface area contributed by atoms with Gasteiger partial charge >= 0.3 is 5.69 Å². The molecule has 4 rings (SSSR count). The predicted octanol–water partition coefficient (Wildman–Crippen LogP) is 0.605. The Morgan fingerprint density at radius 2 is 2.17 bits per heavy atom. The monoisotopic (exact) mass is 399 g/mol. The molecule has 29 heavy (non-hydrogen) atoms. The number of hydrogen-bond acceptors (Lipinski definition) is 5. The van der Waals surface area contributed by atoms with Gasteiger partial charge in [-0.1, -0.05) is 12.1 Å². The topological polar surface area (TPSA) is 81.4 Å². The molecule has 2 aromatic rings. The summed E-state index contributed by atoms with van der Waals surface area (Å²) < 4.78 is 8.85. The van der Waals surface area contributed by atoms with Crippen LogP contribution in [0.4, 0.5) is 0 Å². The van der Waals surface area contributed by atoms with Crippen LogP contribution in [-0.2, 0) is 37.1 Å². The standard InChI is InChI=1S/C21H29N5O3/c1-24(2)10-11-26-21(28)25-9-7-17(4-6-19(25)23-26)22-20(27)14-15-3-5-18-16(13-15)8-12-29-18/h3,5,13,17H,4,6-12,14H2,1-2H3,(H,22,27). The van der Waals surface area contributed by atoms with E-state index in [9.17, 15) is 9.59 Å². The molecule has 1 N–H and O–H groups in total. The zero-order chi connectivity index (χ0) is 20.4. The van der Waals surface area contributed by atoms with Crippen LogP contribution >= 0.6 is 0 Å². The maximum absolute atomic E-state index is 12.6. The van der Waals surface area contributed by atoms with E-state index in [1.807, 2.05) is 31.1 Å². The van der Waals surface area contributed by atoms with Crippen LogP contribution in [0.5, 0.6) is 5.75 Å². The second-order valence-electron chi connectivity index (χ2n) is 8.19. The van der Waals surface area contributed by atoms with E-state index >= 15 is 0 Å². The molecule has 3 heterocycles. The Balaban J connectivity index is 1.33. The van der Waals surface area contributed by atoms with Gasteiger partial charge in [0.25, 0.3) is 0 Å². The van der Waals surface area contributed by atoms with Gasteiger partial charge in [0, 0.05) is 32.0 Å². The number of amides is 1. The van der Waals surface area contributed by atoms with Crippen molar-refractivity contribution in [2.24, 2.45) is 0 Å². The number of likely N-dealkylation sites (N-methyl/N-ethyl adjacent to an activating group) is 1. The Hall–Kier alpha value is -2.61. The van der Waals surface area contributed by atoms with Crippen LogP contribution in [0.3, 0.4) is 0 Å². The largest absolute Gasteiger partial charge is 0.493 e. The summed E-state index contributed by atoms with van der Waals surface area (Å²) in [7, 11) is 3.96. The molecule has 1 atom stereocenters. The summed E-state index contributed by atoms with van der Waals surface area (Å²) in [6.45, 7) is 2.69. The quantitative estimate of drug-likeness (QED) is 0.770. The van der Waals surface area contributed by atoms with E-state index in [1.54, 1.807) is 9.25 Å². The van der Waals surface area contributed by atoms with E-state index in [1.165, 1.54) is 5.56 Å². The first kappa shape index (κ1) is 19.7. The summed E-state index contributed by atoms with van der Waals surface area (Å²) in [4.78, 5) is 27.2. The highest BCUT2D eigenvalue weighted by atomic mass is 16.5. The number of aromatic nitrogens is 3. The Labute approximate surface area is 170 Å². The van der Waals surface area contributed by atoms with E-state index in [0.717, 1.165) is 49.6 Å². The van der Waals surface area contributed by atoms with E-state index < -0.39 is 0 Å². The molecule has 1 amide bonds. The third kappa shape index (κ3) is 4.53. The number of nitrogens with zero attached hydrogens (tertiary/aromatic N) is 4. The lowest BCUT2D eigenvalue weighted by molar-refractivity contribution is -0.121. The van der Waals surface area contributed by atoms with Crippen LogP contribution in [0, 0.1) is 0 Å². The predicted molar refractivity (Wildman–Crippen MR) is 109 cm³/mol. The third-order valence-corrected chi connectivity index (χ3v) is 5.66. The molecule has 1 aromatic heterocycles. The maximum Gasteiger partial charge on any atom is 0.345 e. The zero-order valence-electron chi connectivity index (χ0n) is 17.2. The minimum atomic E-state index is -0.0470. The number of nitrogens with one attached hydrogen (secondary N) is 1. The summed E-state index contributed by atoms with van der Waals surface area (Å²) in [5.41, 5.74) is 2.15. The molecule has 0 bridgehead atoms. The molecule has 0 saturated heterocycles. The Kier molecular flexibility index (Phi) is 5.71. The average molecular weight is 399 g/mol. The molecule has 0 aliphatic carbocycles. The van der Waals surface area contributed by atoms with Crippen molar-refractivity contribution >= 4 is 5.91 Å². The van der Waals surface area contributed by atoms with Crippen molar-refractivity contribution in [2.75, 3.05) is 27.2 Å². The molecule has 1 aromatic carbocycles. The molecule has 2 aliphatic rings. The van der Waals surface area contributed by atoms with Gasteiger partial charge in [-0.05, 0) is 44.1 Å². The van der Waals surface area contributed by atoms with E-state index in [4.69, 9.17) is 4.74 Å². The summed E-state index contributed by atoms with van der Waals surface area (Å²) in [5, 5.41) is 7.66. The molecular formula is C21H29N5O3. The van der Waals surface area contributed by atoms with E-state index in [-0.39, 0.29) is 17.6 Å². The SMILES string of the molecule is CN(C)CCn1nc2n(c1=O)CCC(NC(=O)Cc1ccc3c(c1)CCO3)CC2. The number of carbonyl (C=O) groups is 1. The van der Waals surface area contributed by atoms with Gasteiger partial charge in [0.2, 0.25) is 5.91 Å². The van der Waals surface area contributed by atoms with Gasteiger partial charge in [-0.25, -0.2) is 9.48 Å². The molecule has 8 heteroatoms. The number of rotatable bonds is 6. The molecule has 0 saturated carbocycles. The van der Waals surface area contributed by atoms with Crippen molar-refractivity contribution in [2.45, 2.75) is 51.2 Å². The van der Waals surface area contributed by atoms with E-state index in [0.29, 0.717) is 25.9 Å². The molecule has 8 nitrogen and oxygen atoms in total. The number of benzene rings is 1. The van der Waals surface area contributed by atoms with Gasteiger partial charge in [-0.2, -0.15) is 5.10 Å². The molecule has 0 radical (unpaired) electrons. The third-order valence-electron chi connectivity index (χ3n) is 5.66. The van der Waals surface area contributed by atoms with Crippen LogP contribution in [0.1, 0.15) is 29.8 Å². The van der Waals surface area contributed by atoms with E-state index in [2.05, 4.69) is 16.5 Å². The van der Waals surface area contributed by atoms with Crippen molar-refractivity contribution in [3.05, 3.63) is 45.6 Å². The first-order valence-electron chi connectivity index (χ1n) is 10.3. The fourth-order valence-electron chi connectivity index (χ4n) is 4.03. The smallest absolute Gasteiger partial charge is 0.345 e. The highest BCUT2D eigenvalue weighted by Gasteiger charge is 2.22. The summed E-state index contributed by atoms with van der Waals surface area (Å²) >= 11 is 0. The fourth-order valence-corrected chi connectivity index (χ4v) is 4.03. The number of aryl methyl sites for hydroxylation is 1. The molecule has 0 fully saturated rings. The zero-order valence-corrected chi connectivity index (χ0v) is 17.2. The Morgan fingerprint density at radius 1 is 1.31 bits per heavy atom. The lowest BCUT2D eigenvalue weighted by Crippen LogP contribution is -2.37. The van der Waals surface area contributed by atoms with Crippen molar-refractivity contribution < 1.29 is 9.53 Å². The molecule has 2 aliphatic heterocycles. The summed E-state index contributed by atoms with van der Waals surface area (Å²) in [5.74, 6) is 1.78. The van der Waals surface area contributed by atoms with Gasteiger partial charge in [0.1, 0.15) is 11.6 Å². The summed E-state index contributed by atoms with van der Waals surface area (Å²) in [6, 6.07) is 6.05. The fraction of sp³-hybridized carbons (Fsp3) is 0.571. The number of hydrogen-bond donors (Lipinski definition) is 1. The van der Waals surface area contributed by atoms with Crippen molar-refractivity contribution in [3.63, 3.8) is 0 Å². The highest BCUT2D eigenvalue weighted by Crippen LogP contribution is 2.26. The highest BCUT2D eigenvalue weighted by molar-refractivity contribution is 5.79. The van der Waals surface area contributed by atoms with Gasteiger partial charge in [0.05, 0.1) is 19.6 Å². The molecular weight excluding hydrogens is 370 g/mol. The van der Waals surface area contributed by atoms with Crippen molar-refractivity contribution in [1.82, 2.24) is 24.6 Å². The number of carbonyl (C=O) groups excluding carboxylic acids is 1. The maximum atomic E-state index is 12.6. The molecule has 1 unspecified atom stereocenters. The second kappa shape index (κ2) is 8.41. The van der Waals surface area contributed by atoms with Crippen molar-refractivity contribution in [1.29, 1.82) is 0 Å². The van der Waals surface area contributed by atoms with Crippen LogP contribution < -0.4 is 15.7 Å². The second-order valence-corrected chi connectivity index (χ2v) is 8.19. The van der Waals surface area contributed by atoms with Crippen LogP contribution in [0.15, 0.2) is 23.0 Å². The van der Waals surface area contributed by atoms with Crippen LogP contribution in [-0.4, -0.2) is 58.4 Å². The average Bonchev–Trinajstić information content (AvgIpc) is 3.20. The van der Waals surface area contributed by atoms with Gasteiger partial charge < -0.3 is 15.0 Å². The minimum absolute atomic E-state index is 0.0248. The lowest BCUT2D eigenvalue weighted by atomic mass is 10.0. The minimum Gasteiger partial charge on any atom is -0.493 e. The Bertz CT molecular complexity index is 946. The van der Waals surface area contributed by atoms with Gasteiger partial charge in [0.15, 0.2) is 0 Å². The van der Waals surface area contributed by atoms with Gasteiger partial charge in [-0.15, -0.1) is 0 Å². The molecule has 0 spiro atoms. The van der Waals surface area contributed by atoms with Gasteiger partial charge in [-0.3, -0.25) is 9.36 Å². The normalized spacial score (nSPS) is 18.1. The van der Waals surface area contributed by atoms with Crippen molar-refractivity contribution in [3.8, 4) is 5.75 Å².